The van der Waals surface area contributed by atoms with Crippen molar-refractivity contribution in [2.75, 3.05) is 26.2 Å². The molecule has 2 nitrogen and oxygen atoms in total. The van der Waals surface area contributed by atoms with Crippen molar-refractivity contribution in [2.45, 2.75) is 69.6 Å². The molecule has 0 unspecified atom stereocenters. The molecule has 0 radical (unpaired) electrons. The standard InChI is InChI=1S/C23H35NO/c25-16-5-2-7-19-8-6-9-21(17-19)23(12-3-1-4-13-23)22-18-24-14-10-20(22)11-15-24/h6,8-9,17,20,22,25H,1-5,7,10-16,18H2/t22-/m1/s1. The molecule has 0 amide bonds. The third-order valence-electron chi connectivity index (χ3n) is 7.49. The topological polar surface area (TPSA) is 23.5 Å². The molecule has 0 aromatic heterocycles. The van der Waals surface area contributed by atoms with Gasteiger partial charge in [-0.3, -0.25) is 0 Å². The number of hydrogen-bond acceptors (Lipinski definition) is 2. The number of nitrogens with zero attached hydrogens (tertiary/aromatic N) is 1. The third kappa shape index (κ3) is 3.53. The Balaban J connectivity index is 1.61. The van der Waals surface area contributed by atoms with Gasteiger partial charge in [0.15, 0.2) is 0 Å². The van der Waals surface area contributed by atoms with Crippen LogP contribution in [0.4, 0.5) is 0 Å². The second kappa shape index (κ2) is 7.80. The summed E-state index contributed by atoms with van der Waals surface area (Å²) in [7, 11) is 0. The lowest BCUT2D eigenvalue weighted by atomic mass is 9.56. The van der Waals surface area contributed by atoms with E-state index in [1.54, 1.807) is 5.56 Å². The number of unbranched alkanes of at least 4 members (excludes halogenated alkanes) is 1. The maximum Gasteiger partial charge on any atom is 0.0431 e. The van der Waals surface area contributed by atoms with Gasteiger partial charge in [-0.25, -0.2) is 0 Å². The lowest BCUT2D eigenvalue weighted by molar-refractivity contribution is -0.00813. The Bertz CT molecular complexity index is 555. The molecule has 1 aromatic carbocycles. The zero-order chi connectivity index (χ0) is 17.1. The predicted molar refractivity (Wildman–Crippen MR) is 104 cm³/mol. The summed E-state index contributed by atoms with van der Waals surface area (Å²) in [6.07, 6.45) is 13.1. The number of aliphatic hydroxyl groups is 1. The minimum absolute atomic E-state index is 0.323. The van der Waals surface area contributed by atoms with Crippen LogP contribution >= 0.6 is 0 Å². The molecule has 25 heavy (non-hydrogen) atoms. The first kappa shape index (κ1) is 17.5. The van der Waals surface area contributed by atoms with E-state index in [-0.39, 0.29) is 0 Å². The molecule has 3 saturated heterocycles. The lowest BCUT2D eigenvalue weighted by Gasteiger charge is -2.55. The van der Waals surface area contributed by atoms with Crippen LogP contribution < -0.4 is 0 Å². The number of aliphatic hydroxyl groups excluding tert-OH is 1. The van der Waals surface area contributed by atoms with E-state index in [1.807, 2.05) is 0 Å². The number of aryl methyl sites for hydroxylation is 1. The van der Waals surface area contributed by atoms with E-state index in [4.69, 9.17) is 5.11 Å². The fourth-order valence-corrected chi connectivity index (χ4v) is 6.12. The second-order valence-corrected chi connectivity index (χ2v) is 8.84. The average molecular weight is 342 g/mol. The van der Waals surface area contributed by atoms with Crippen LogP contribution in [0.3, 0.4) is 0 Å². The van der Waals surface area contributed by atoms with Gasteiger partial charge in [-0.15, -0.1) is 0 Å². The fourth-order valence-electron chi connectivity index (χ4n) is 6.12. The summed E-state index contributed by atoms with van der Waals surface area (Å²) in [5.41, 5.74) is 3.57. The molecule has 1 atom stereocenters. The molecule has 3 heterocycles. The summed E-state index contributed by atoms with van der Waals surface area (Å²) in [5.74, 6) is 1.84. The molecule has 4 aliphatic rings. The van der Waals surface area contributed by atoms with Crippen molar-refractivity contribution < 1.29 is 5.11 Å². The van der Waals surface area contributed by atoms with Crippen LogP contribution in [0.25, 0.3) is 0 Å². The summed E-state index contributed by atoms with van der Waals surface area (Å²) in [6.45, 7) is 4.36. The molecular weight excluding hydrogens is 306 g/mol. The van der Waals surface area contributed by atoms with E-state index < -0.39 is 0 Å². The highest BCUT2D eigenvalue weighted by Crippen LogP contribution is 2.52. The molecule has 138 valence electrons. The Hall–Kier alpha value is -0.860. The van der Waals surface area contributed by atoms with E-state index in [2.05, 4.69) is 29.2 Å². The second-order valence-electron chi connectivity index (χ2n) is 8.84. The first-order valence-corrected chi connectivity index (χ1v) is 10.7. The first-order chi connectivity index (χ1) is 12.3. The summed E-state index contributed by atoms with van der Waals surface area (Å²) in [5, 5.41) is 9.07. The maximum atomic E-state index is 9.07. The van der Waals surface area contributed by atoms with E-state index in [0.717, 1.165) is 31.1 Å². The van der Waals surface area contributed by atoms with E-state index in [0.29, 0.717) is 12.0 Å². The average Bonchev–Trinajstić information content (AvgIpc) is 2.70. The summed E-state index contributed by atoms with van der Waals surface area (Å²) < 4.78 is 0. The lowest BCUT2D eigenvalue weighted by Crippen LogP contribution is -2.55. The van der Waals surface area contributed by atoms with Crippen LogP contribution in [0.1, 0.15) is 68.9 Å². The van der Waals surface area contributed by atoms with Gasteiger partial charge in [0.25, 0.3) is 0 Å². The number of fused-ring (bicyclic) bond motifs is 3. The van der Waals surface area contributed by atoms with Crippen molar-refractivity contribution in [2.24, 2.45) is 11.8 Å². The van der Waals surface area contributed by atoms with Crippen LogP contribution in [-0.4, -0.2) is 36.2 Å². The monoisotopic (exact) mass is 341 g/mol. The van der Waals surface area contributed by atoms with Gasteiger partial charge in [0.05, 0.1) is 0 Å². The van der Waals surface area contributed by atoms with E-state index in [9.17, 15) is 0 Å². The van der Waals surface area contributed by atoms with Crippen LogP contribution in [0, 0.1) is 11.8 Å². The molecule has 5 rings (SSSR count). The van der Waals surface area contributed by atoms with Crippen LogP contribution in [0.2, 0.25) is 0 Å². The third-order valence-corrected chi connectivity index (χ3v) is 7.49. The summed E-state index contributed by atoms with van der Waals surface area (Å²) in [4.78, 5) is 2.74. The van der Waals surface area contributed by atoms with Gasteiger partial charge < -0.3 is 10.0 Å². The van der Waals surface area contributed by atoms with E-state index in [1.165, 1.54) is 70.1 Å². The van der Waals surface area contributed by atoms with E-state index >= 15 is 0 Å². The Morgan fingerprint density at radius 3 is 2.52 bits per heavy atom. The number of rotatable bonds is 6. The van der Waals surface area contributed by atoms with Gasteiger partial charge in [-0.2, -0.15) is 0 Å². The minimum Gasteiger partial charge on any atom is -0.396 e. The fraction of sp³-hybridized carbons (Fsp3) is 0.739. The van der Waals surface area contributed by atoms with Crippen LogP contribution in [0.15, 0.2) is 24.3 Å². The number of hydrogen-bond donors (Lipinski definition) is 1. The van der Waals surface area contributed by atoms with Crippen LogP contribution in [-0.2, 0) is 11.8 Å². The number of piperidine rings is 3. The van der Waals surface area contributed by atoms with Crippen molar-refractivity contribution in [1.82, 2.24) is 4.90 Å². The van der Waals surface area contributed by atoms with Gasteiger partial charge in [0, 0.05) is 13.2 Å². The van der Waals surface area contributed by atoms with Crippen molar-refractivity contribution in [3.05, 3.63) is 35.4 Å². The van der Waals surface area contributed by atoms with Gasteiger partial charge in [0.2, 0.25) is 0 Å². The Labute approximate surface area is 153 Å². The highest BCUT2D eigenvalue weighted by atomic mass is 16.2. The maximum absolute atomic E-state index is 9.07. The summed E-state index contributed by atoms with van der Waals surface area (Å²) >= 11 is 0. The van der Waals surface area contributed by atoms with Crippen LogP contribution in [0.5, 0.6) is 0 Å². The summed E-state index contributed by atoms with van der Waals surface area (Å²) in [6, 6.07) is 9.59. The molecular formula is C23H35NO. The molecule has 3 aliphatic heterocycles. The predicted octanol–water partition coefficient (Wildman–Crippen LogP) is 4.55. The molecule has 1 N–H and O–H groups in total. The van der Waals surface area contributed by atoms with Crippen molar-refractivity contribution in [3.63, 3.8) is 0 Å². The zero-order valence-electron chi connectivity index (χ0n) is 15.8. The van der Waals surface area contributed by atoms with Crippen molar-refractivity contribution in [1.29, 1.82) is 0 Å². The van der Waals surface area contributed by atoms with Gasteiger partial charge in [-0.05, 0) is 86.4 Å². The quantitative estimate of drug-likeness (QED) is 0.768. The highest BCUT2D eigenvalue weighted by Gasteiger charge is 2.48. The normalized spacial score (nSPS) is 31.2. The molecule has 2 heteroatoms. The number of benzene rings is 1. The zero-order valence-corrected chi connectivity index (χ0v) is 15.8. The molecule has 0 spiro atoms. The Kier molecular flexibility index (Phi) is 5.47. The Morgan fingerprint density at radius 1 is 1.04 bits per heavy atom. The van der Waals surface area contributed by atoms with Crippen molar-refractivity contribution in [3.8, 4) is 0 Å². The smallest absolute Gasteiger partial charge is 0.0431 e. The van der Waals surface area contributed by atoms with Gasteiger partial charge in [0.1, 0.15) is 0 Å². The SMILES string of the molecule is OCCCCc1cccc(C2([C@@H]3CN4CCC3CC4)CCCCC2)c1. The molecule has 1 saturated carbocycles. The molecule has 1 aliphatic carbocycles. The van der Waals surface area contributed by atoms with Crippen molar-refractivity contribution >= 4 is 0 Å². The molecule has 4 fully saturated rings. The first-order valence-electron chi connectivity index (χ1n) is 10.7. The Morgan fingerprint density at radius 2 is 1.84 bits per heavy atom. The minimum atomic E-state index is 0.323. The highest BCUT2D eigenvalue weighted by molar-refractivity contribution is 5.33. The van der Waals surface area contributed by atoms with Gasteiger partial charge >= 0.3 is 0 Å². The van der Waals surface area contributed by atoms with Gasteiger partial charge in [-0.1, -0.05) is 43.5 Å². The largest absolute Gasteiger partial charge is 0.396 e. The molecule has 2 bridgehead atoms. The molecule has 1 aromatic rings.